The van der Waals surface area contributed by atoms with Gasteiger partial charge in [0.25, 0.3) is 0 Å². The molecule has 9 nitrogen and oxygen atoms in total. The van der Waals surface area contributed by atoms with Crippen LogP contribution in [0.2, 0.25) is 0 Å². The maximum atomic E-state index is 13.5. The van der Waals surface area contributed by atoms with Crippen LogP contribution in [0.4, 0.5) is 0 Å². The number of benzene rings is 1. The van der Waals surface area contributed by atoms with Crippen LogP contribution in [-0.4, -0.2) is 86.2 Å². The van der Waals surface area contributed by atoms with Crippen molar-refractivity contribution in [3.05, 3.63) is 42.7 Å². The molecule has 0 saturated carbocycles. The summed E-state index contributed by atoms with van der Waals surface area (Å²) < 4.78 is 39.6. The predicted molar refractivity (Wildman–Crippen MR) is 123 cm³/mol. The third-order valence-electron chi connectivity index (χ3n) is 5.81. The van der Waals surface area contributed by atoms with Crippen molar-refractivity contribution in [2.24, 2.45) is 5.92 Å². The average Bonchev–Trinajstić information content (AvgIpc) is 2.81. The molecule has 0 spiro atoms. The van der Waals surface area contributed by atoms with E-state index in [2.05, 4.69) is 4.98 Å². The summed E-state index contributed by atoms with van der Waals surface area (Å²) in [6.45, 7) is 3.57. The Kier molecular flexibility index (Phi) is 8.06. The number of aliphatic hydroxyl groups is 1. The van der Waals surface area contributed by atoms with Gasteiger partial charge in [-0.25, -0.2) is 8.42 Å². The summed E-state index contributed by atoms with van der Waals surface area (Å²) in [5, 5.41) is 9.74. The summed E-state index contributed by atoms with van der Waals surface area (Å²) in [5.41, 5.74) is 1.58. The van der Waals surface area contributed by atoms with Gasteiger partial charge < -0.3 is 19.5 Å². The van der Waals surface area contributed by atoms with Gasteiger partial charge in [0.05, 0.1) is 13.2 Å². The van der Waals surface area contributed by atoms with Gasteiger partial charge >= 0.3 is 0 Å². The minimum Gasteiger partial charge on any atom is -0.487 e. The standard InChI is InChI=1S/C23H31N3O6S/c1-16-12-26(17(2)14-27)33(29,30)22-8-7-18(19-6-5-9-24-11-19)10-20(22)32-21(16)13-25(3)23(28)15-31-4/h5-11,16-17,21,27H,12-15H2,1-4H3/t16-,17+,21-/m1/s1. The molecule has 0 radical (unpaired) electrons. The van der Waals surface area contributed by atoms with Crippen LogP contribution < -0.4 is 4.74 Å². The fourth-order valence-electron chi connectivity index (χ4n) is 3.76. The van der Waals surface area contributed by atoms with E-state index >= 15 is 0 Å². The average molecular weight is 478 g/mol. The zero-order valence-electron chi connectivity index (χ0n) is 19.3. The minimum absolute atomic E-state index is 0.0261. The van der Waals surface area contributed by atoms with E-state index in [1.54, 1.807) is 44.6 Å². The summed E-state index contributed by atoms with van der Waals surface area (Å²) in [6.07, 6.45) is 2.87. The molecule has 0 aliphatic carbocycles. The molecule has 1 aliphatic heterocycles. The van der Waals surface area contributed by atoms with Gasteiger partial charge in [-0.1, -0.05) is 19.1 Å². The number of aromatic nitrogens is 1. The summed E-state index contributed by atoms with van der Waals surface area (Å²) in [6, 6.07) is 7.99. The van der Waals surface area contributed by atoms with Gasteiger partial charge in [-0.3, -0.25) is 9.78 Å². The SMILES string of the molecule is COCC(=O)N(C)C[C@H]1Oc2cc(-c3cccnc3)ccc2S(=O)(=O)N([C@@H](C)CO)C[C@H]1C. The molecule has 1 aromatic carbocycles. The van der Waals surface area contributed by atoms with Crippen molar-refractivity contribution in [3.8, 4) is 16.9 Å². The van der Waals surface area contributed by atoms with Gasteiger partial charge in [0.2, 0.25) is 15.9 Å². The summed E-state index contributed by atoms with van der Waals surface area (Å²) >= 11 is 0. The van der Waals surface area contributed by atoms with Crippen LogP contribution in [0.5, 0.6) is 5.75 Å². The maximum absolute atomic E-state index is 13.5. The third kappa shape index (κ3) is 5.52. The number of amides is 1. The van der Waals surface area contributed by atoms with Crippen molar-refractivity contribution >= 4 is 15.9 Å². The lowest BCUT2D eigenvalue weighted by atomic mass is 10.0. The molecule has 33 heavy (non-hydrogen) atoms. The van der Waals surface area contributed by atoms with Crippen LogP contribution in [-0.2, 0) is 19.6 Å². The summed E-state index contributed by atoms with van der Waals surface area (Å²) in [4.78, 5) is 18.0. The van der Waals surface area contributed by atoms with Gasteiger partial charge in [-0.05, 0) is 30.7 Å². The first kappa shape index (κ1) is 25.1. The normalized spacial score (nSPS) is 21.2. The Morgan fingerprint density at radius 1 is 1.36 bits per heavy atom. The number of rotatable bonds is 7. The molecular weight excluding hydrogens is 446 g/mol. The first-order chi connectivity index (χ1) is 15.7. The molecule has 180 valence electrons. The Morgan fingerprint density at radius 2 is 2.12 bits per heavy atom. The number of carbonyl (C=O) groups is 1. The van der Waals surface area contributed by atoms with Crippen molar-refractivity contribution in [1.82, 2.24) is 14.2 Å². The molecule has 3 rings (SSSR count). The lowest BCUT2D eigenvalue weighted by Gasteiger charge is -2.37. The Bertz CT molecular complexity index is 1060. The number of fused-ring (bicyclic) bond motifs is 1. The second-order valence-electron chi connectivity index (χ2n) is 8.35. The highest BCUT2D eigenvalue weighted by Crippen LogP contribution is 2.36. The van der Waals surface area contributed by atoms with E-state index < -0.39 is 22.2 Å². The van der Waals surface area contributed by atoms with Gasteiger partial charge in [-0.15, -0.1) is 0 Å². The molecule has 1 aliphatic rings. The molecule has 1 aromatic heterocycles. The van der Waals surface area contributed by atoms with E-state index in [1.165, 1.54) is 22.4 Å². The molecule has 3 atom stereocenters. The second-order valence-corrected chi connectivity index (χ2v) is 10.2. The molecule has 0 bridgehead atoms. The monoisotopic (exact) mass is 477 g/mol. The molecule has 2 aromatic rings. The molecule has 2 heterocycles. The lowest BCUT2D eigenvalue weighted by molar-refractivity contribution is -0.135. The number of likely N-dealkylation sites (N-methyl/N-ethyl adjacent to an activating group) is 1. The first-order valence-electron chi connectivity index (χ1n) is 10.8. The smallest absolute Gasteiger partial charge is 0.248 e. The van der Waals surface area contributed by atoms with E-state index in [9.17, 15) is 18.3 Å². The van der Waals surface area contributed by atoms with Crippen LogP contribution in [0, 0.1) is 5.92 Å². The molecule has 0 fully saturated rings. The fraction of sp³-hybridized carbons (Fsp3) is 0.478. The number of ether oxygens (including phenoxy) is 2. The highest BCUT2D eigenvalue weighted by Gasteiger charge is 2.38. The van der Waals surface area contributed by atoms with Crippen molar-refractivity contribution < 1.29 is 27.8 Å². The second kappa shape index (κ2) is 10.6. The highest BCUT2D eigenvalue weighted by molar-refractivity contribution is 7.89. The number of hydrogen-bond acceptors (Lipinski definition) is 7. The summed E-state index contributed by atoms with van der Waals surface area (Å²) in [5.74, 6) is -0.259. The van der Waals surface area contributed by atoms with E-state index in [1.807, 2.05) is 13.0 Å². The number of carbonyl (C=O) groups excluding carboxylic acids is 1. The van der Waals surface area contributed by atoms with E-state index in [-0.39, 0.29) is 48.8 Å². The molecule has 1 N–H and O–H groups in total. The molecule has 1 amide bonds. The van der Waals surface area contributed by atoms with E-state index in [0.717, 1.165) is 11.1 Å². The van der Waals surface area contributed by atoms with Crippen molar-refractivity contribution in [1.29, 1.82) is 0 Å². The fourth-order valence-corrected chi connectivity index (χ4v) is 5.59. The van der Waals surface area contributed by atoms with Crippen molar-refractivity contribution in [3.63, 3.8) is 0 Å². The van der Waals surface area contributed by atoms with Crippen LogP contribution >= 0.6 is 0 Å². The van der Waals surface area contributed by atoms with Gasteiger partial charge in [0, 0.05) is 50.6 Å². The number of methoxy groups -OCH3 is 1. The molecule has 0 saturated heterocycles. The minimum atomic E-state index is -3.93. The zero-order valence-corrected chi connectivity index (χ0v) is 20.2. The van der Waals surface area contributed by atoms with Crippen LogP contribution in [0.3, 0.4) is 0 Å². The third-order valence-corrected chi connectivity index (χ3v) is 7.83. The van der Waals surface area contributed by atoms with Gasteiger partial charge in [-0.2, -0.15) is 4.31 Å². The largest absolute Gasteiger partial charge is 0.487 e. The van der Waals surface area contributed by atoms with Crippen LogP contribution in [0.1, 0.15) is 13.8 Å². The number of nitrogens with zero attached hydrogens (tertiary/aromatic N) is 3. The van der Waals surface area contributed by atoms with E-state index in [4.69, 9.17) is 9.47 Å². The molecule has 0 unspecified atom stereocenters. The van der Waals surface area contributed by atoms with E-state index in [0.29, 0.717) is 0 Å². The van der Waals surface area contributed by atoms with Crippen LogP contribution in [0.25, 0.3) is 11.1 Å². The molecular formula is C23H31N3O6S. The van der Waals surface area contributed by atoms with Gasteiger partial charge in [0.1, 0.15) is 23.4 Å². The Hall–Kier alpha value is -2.53. The predicted octanol–water partition coefficient (Wildman–Crippen LogP) is 1.62. The maximum Gasteiger partial charge on any atom is 0.248 e. The lowest BCUT2D eigenvalue weighted by Crippen LogP contribution is -2.50. The van der Waals surface area contributed by atoms with Crippen molar-refractivity contribution in [2.45, 2.75) is 30.9 Å². The first-order valence-corrected chi connectivity index (χ1v) is 12.2. The molecule has 10 heteroatoms. The number of sulfonamides is 1. The number of pyridine rings is 1. The number of aliphatic hydroxyl groups excluding tert-OH is 1. The van der Waals surface area contributed by atoms with Crippen molar-refractivity contribution in [2.75, 3.05) is 40.5 Å². The highest BCUT2D eigenvalue weighted by atomic mass is 32.2. The topological polar surface area (TPSA) is 109 Å². The summed E-state index contributed by atoms with van der Waals surface area (Å²) in [7, 11) is -0.815. The Morgan fingerprint density at radius 3 is 2.76 bits per heavy atom. The van der Waals surface area contributed by atoms with Gasteiger partial charge in [0.15, 0.2) is 0 Å². The number of hydrogen-bond donors (Lipinski definition) is 1. The quantitative estimate of drug-likeness (QED) is 0.645. The Labute approximate surface area is 195 Å². The zero-order chi connectivity index (χ0) is 24.2. The Balaban J connectivity index is 2.08. The van der Waals surface area contributed by atoms with Crippen LogP contribution in [0.15, 0.2) is 47.6 Å².